The molecule has 0 rings (SSSR count). The molecule has 0 fully saturated rings. The van der Waals surface area contributed by atoms with Crippen molar-refractivity contribution in [3.05, 3.63) is 0 Å². The SMILES string of the molecule is [CH3][Pb]([CH3])([CH3])[C]#N. The van der Waals surface area contributed by atoms with E-state index in [0.29, 0.717) is 0 Å². The Balaban J connectivity index is 3.55. The number of nitrogens with zero attached hydrogens (tertiary/aromatic N) is 1. The van der Waals surface area contributed by atoms with Gasteiger partial charge in [-0.3, -0.25) is 0 Å². The van der Waals surface area contributed by atoms with E-state index in [1.54, 1.807) is 0 Å². The molecular weight excluding hydrogens is 269 g/mol. The Bertz CT molecular complexity index is 74.5. The Morgan fingerprint density at radius 2 is 1.50 bits per heavy atom. The summed E-state index contributed by atoms with van der Waals surface area (Å²) in [7, 11) is 0. The summed E-state index contributed by atoms with van der Waals surface area (Å²) in [6.07, 6.45) is 0. The number of hydrogen-bond donors (Lipinski definition) is 0. The van der Waals surface area contributed by atoms with Gasteiger partial charge in [0, 0.05) is 0 Å². The second-order valence-electron chi connectivity index (χ2n) is 2.36. The molecule has 0 aromatic carbocycles. The van der Waals surface area contributed by atoms with Crippen molar-refractivity contribution in [3.63, 3.8) is 0 Å². The molecule has 2 heteroatoms. The molecule has 0 heterocycles. The van der Waals surface area contributed by atoms with Gasteiger partial charge in [-0.2, -0.15) is 0 Å². The number of nitriles is 1. The molecule has 0 unspecified atom stereocenters. The van der Waals surface area contributed by atoms with Crippen LogP contribution in [0.2, 0.25) is 13.4 Å². The topological polar surface area (TPSA) is 23.8 Å². The molecule has 1 nitrogen and oxygen atoms in total. The van der Waals surface area contributed by atoms with Crippen LogP contribution in [0.25, 0.3) is 0 Å². The van der Waals surface area contributed by atoms with E-state index in [4.69, 9.17) is 5.26 Å². The molecule has 0 N–H and O–H groups in total. The van der Waals surface area contributed by atoms with Crippen LogP contribution >= 0.6 is 0 Å². The second kappa shape index (κ2) is 1.92. The summed E-state index contributed by atoms with van der Waals surface area (Å²) in [4.78, 5) is 0. The summed E-state index contributed by atoms with van der Waals surface area (Å²) in [5.41, 5.74) is 0. The van der Waals surface area contributed by atoms with Crippen LogP contribution in [0.1, 0.15) is 0 Å². The molecule has 0 aliphatic carbocycles. The first kappa shape index (κ1) is 6.41. The minimum atomic E-state index is -2.03. The van der Waals surface area contributed by atoms with E-state index in [-0.39, 0.29) is 0 Å². The van der Waals surface area contributed by atoms with Gasteiger partial charge in [-0.05, 0) is 0 Å². The fourth-order valence-corrected chi connectivity index (χ4v) is 0. The van der Waals surface area contributed by atoms with Crippen molar-refractivity contribution in [2.24, 2.45) is 0 Å². The molecule has 0 radical (unpaired) electrons. The van der Waals surface area contributed by atoms with Gasteiger partial charge < -0.3 is 0 Å². The fourth-order valence-electron chi connectivity index (χ4n) is 0. The summed E-state index contributed by atoms with van der Waals surface area (Å²) in [6, 6.07) is 0. The fraction of sp³-hybridized carbons (Fsp3) is 0.750. The molecule has 0 bridgehead atoms. The predicted molar refractivity (Wildman–Crippen MR) is 29.0 cm³/mol. The molecule has 0 saturated carbocycles. The average molecular weight is 278 g/mol. The van der Waals surface area contributed by atoms with E-state index in [0.717, 1.165) is 0 Å². The summed E-state index contributed by atoms with van der Waals surface area (Å²) >= 11 is -2.03. The van der Waals surface area contributed by atoms with E-state index < -0.39 is 21.2 Å². The van der Waals surface area contributed by atoms with Gasteiger partial charge in [-0.15, -0.1) is 0 Å². The first-order chi connectivity index (χ1) is 2.56. The molecule has 0 aliphatic heterocycles. The molecule has 0 saturated heterocycles. The molecule has 0 aromatic heterocycles. The predicted octanol–water partition coefficient (Wildman–Crippen LogP) is 1.39. The van der Waals surface area contributed by atoms with Gasteiger partial charge in [0.15, 0.2) is 0 Å². The van der Waals surface area contributed by atoms with Gasteiger partial charge in [-0.1, -0.05) is 0 Å². The van der Waals surface area contributed by atoms with Crippen LogP contribution in [-0.4, -0.2) is 21.2 Å². The zero-order valence-corrected chi connectivity index (χ0v) is 8.33. The van der Waals surface area contributed by atoms with E-state index >= 15 is 0 Å². The van der Waals surface area contributed by atoms with E-state index in [9.17, 15) is 0 Å². The van der Waals surface area contributed by atoms with Crippen molar-refractivity contribution < 1.29 is 0 Å². The van der Waals surface area contributed by atoms with Crippen molar-refractivity contribution >= 4 is 21.2 Å². The quantitative estimate of drug-likeness (QED) is 0.614. The Hall–Kier alpha value is 0.412. The van der Waals surface area contributed by atoms with Crippen molar-refractivity contribution in [1.29, 1.82) is 5.26 Å². The minimum absolute atomic E-state index is 2.03. The molecule has 0 spiro atoms. The van der Waals surface area contributed by atoms with E-state index in [1.165, 1.54) is 0 Å². The van der Waals surface area contributed by atoms with Crippen LogP contribution in [0, 0.1) is 8.89 Å². The summed E-state index contributed by atoms with van der Waals surface area (Å²) in [6.45, 7) is 0. The first-order valence-corrected chi connectivity index (χ1v) is 15.6. The van der Waals surface area contributed by atoms with Crippen LogP contribution in [0.3, 0.4) is 0 Å². The van der Waals surface area contributed by atoms with Gasteiger partial charge in [0.25, 0.3) is 0 Å². The summed E-state index contributed by atoms with van der Waals surface area (Å²) in [5, 5.41) is 8.25. The maximum atomic E-state index is 8.25. The molecule has 0 amide bonds. The molecule has 0 aromatic rings. The Morgan fingerprint density at radius 3 is 1.50 bits per heavy atom. The van der Waals surface area contributed by atoms with Crippen LogP contribution in [0.5, 0.6) is 0 Å². The van der Waals surface area contributed by atoms with Crippen molar-refractivity contribution in [3.8, 4) is 3.63 Å². The van der Waals surface area contributed by atoms with Gasteiger partial charge >= 0.3 is 43.5 Å². The molecular formula is C4H9NPb. The van der Waals surface area contributed by atoms with Crippen molar-refractivity contribution in [2.45, 2.75) is 13.4 Å². The summed E-state index contributed by atoms with van der Waals surface area (Å²) in [5.74, 6) is 0. The Labute approximate surface area is 43.6 Å². The van der Waals surface area contributed by atoms with Gasteiger partial charge in [-0.25, -0.2) is 0 Å². The zero-order valence-electron chi connectivity index (χ0n) is 4.45. The molecule has 34 valence electrons. The first-order valence-electron chi connectivity index (χ1n) is 1.97. The maximum absolute atomic E-state index is 8.25. The van der Waals surface area contributed by atoms with Crippen molar-refractivity contribution in [2.75, 3.05) is 0 Å². The number of rotatable bonds is 0. The molecule has 6 heavy (non-hydrogen) atoms. The van der Waals surface area contributed by atoms with E-state index in [1.807, 2.05) is 0 Å². The van der Waals surface area contributed by atoms with Gasteiger partial charge in [0.2, 0.25) is 0 Å². The number of hydrogen-bond acceptors (Lipinski definition) is 1. The summed E-state index contributed by atoms with van der Waals surface area (Å²) < 4.78 is 8.64. The Kier molecular flexibility index (Phi) is 2.05. The van der Waals surface area contributed by atoms with Gasteiger partial charge in [0.1, 0.15) is 0 Å². The van der Waals surface area contributed by atoms with Crippen LogP contribution in [0.15, 0.2) is 0 Å². The third-order valence-electron chi connectivity index (χ3n) is 0.335. The molecule has 0 aliphatic rings. The monoisotopic (exact) mass is 279 g/mol. The van der Waals surface area contributed by atoms with Crippen molar-refractivity contribution in [1.82, 2.24) is 0 Å². The normalized spacial score (nSPS) is 10.3. The Morgan fingerprint density at radius 1 is 1.33 bits per heavy atom. The zero-order chi connectivity index (χ0) is 5.21. The van der Waals surface area contributed by atoms with Crippen LogP contribution in [-0.2, 0) is 0 Å². The third kappa shape index (κ3) is 4.41. The third-order valence-corrected chi connectivity index (χ3v) is 2.94. The standard InChI is InChI=1S/CN.3CH3.Pb/c1-2;;;;/h;3*1H3;. The van der Waals surface area contributed by atoms with Crippen LogP contribution in [0.4, 0.5) is 0 Å². The molecule has 0 atom stereocenters. The second-order valence-corrected chi connectivity index (χ2v) is 20.7. The van der Waals surface area contributed by atoms with E-state index in [2.05, 4.69) is 17.1 Å². The van der Waals surface area contributed by atoms with Crippen LogP contribution < -0.4 is 0 Å². The van der Waals surface area contributed by atoms with Gasteiger partial charge in [0.05, 0.1) is 0 Å². The average Bonchev–Trinajstić information content (AvgIpc) is 1.35.